The number of esters is 1. The number of rotatable bonds is 5. The number of ether oxygens (including phenoxy) is 1. The Hall–Kier alpha value is -3.15. The number of nitrogens with one attached hydrogen (secondary N) is 1. The molecule has 1 N–H and O–H groups in total. The molecule has 1 amide bonds. The van der Waals surface area contributed by atoms with E-state index in [0.717, 1.165) is 41.4 Å². The highest BCUT2D eigenvalue weighted by atomic mass is 16.5. The van der Waals surface area contributed by atoms with Gasteiger partial charge >= 0.3 is 5.97 Å². The minimum atomic E-state index is -0.477. The molecule has 0 radical (unpaired) electrons. The Labute approximate surface area is 169 Å². The van der Waals surface area contributed by atoms with Crippen LogP contribution in [0.2, 0.25) is 0 Å². The van der Waals surface area contributed by atoms with Crippen LogP contribution in [-0.2, 0) is 22.4 Å². The molecule has 0 bridgehead atoms. The molecule has 6 nitrogen and oxygen atoms in total. The average Bonchev–Trinajstić information content (AvgIpc) is 3.25. The second kappa shape index (κ2) is 8.07. The van der Waals surface area contributed by atoms with Crippen LogP contribution in [-0.4, -0.2) is 23.5 Å². The molecule has 1 aliphatic rings. The molecular weight excluding hydrogens is 368 g/mol. The number of aromatic nitrogens is 1. The van der Waals surface area contributed by atoms with Crippen molar-refractivity contribution in [1.29, 1.82) is 0 Å². The first-order chi connectivity index (χ1) is 14.0. The van der Waals surface area contributed by atoms with Gasteiger partial charge in [0.25, 0.3) is 5.91 Å². The lowest BCUT2D eigenvalue weighted by Gasteiger charge is -2.24. The molecule has 0 saturated heterocycles. The second-order valence-corrected chi connectivity index (χ2v) is 7.66. The number of aryl methyl sites for hydroxylation is 1. The zero-order chi connectivity index (χ0) is 20.4. The van der Waals surface area contributed by atoms with Crippen molar-refractivity contribution >= 4 is 22.8 Å². The molecule has 1 aliphatic carbocycles. The molecule has 0 fully saturated rings. The predicted molar refractivity (Wildman–Crippen MR) is 108 cm³/mol. The molecule has 0 saturated carbocycles. The minimum Gasteiger partial charge on any atom is -0.467 e. The summed E-state index contributed by atoms with van der Waals surface area (Å²) >= 11 is 0. The Balaban J connectivity index is 1.54. The Morgan fingerprint density at radius 3 is 2.90 bits per heavy atom. The van der Waals surface area contributed by atoms with Crippen LogP contribution in [0.4, 0.5) is 0 Å². The van der Waals surface area contributed by atoms with Gasteiger partial charge in [0, 0.05) is 11.1 Å². The summed E-state index contributed by atoms with van der Waals surface area (Å²) in [5, 5.41) is 3.55. The molecule has 1 aromatic carbocycles. The third-order valence-electron chi connectivity index (χ3n) is 5.39. The third-order valence-corrected chi connectivity index (χ3v) is 5.39. The van der Waals surface area contributed by atoms with E-state index in [0.29, 0.717) is 17.2 Å². The molecule has 4 rings (SSSR count). The van der Waals surface area contributed by atoms with E-state index in [4.69, 9.17) is 14.1 Å². The van der Waals surface area contributed by atoms with E-state index in [1.54, 1.807) is 18.4 Å². The van der Waals surface area contributed by atoms with Gasteiger partial charge in [0.1, 0.15) is 5.76 Å². The van der Waals surface area contributed by atoms with Crippen LogP contribution in [0.25, 0.3) is 10.9 Å². The maximum atomic E-state index is 13.0. The second-order valence-electron chi connectivity index (χ2n) is 7.66. The van der Waals surface area contributed by atoms with Gasteiger partial charge in [-0.15, -0.1) is 0 Å². The van der Waals surface area contributed by atoms with Crippen LogP contribution in [0.1, 0.15) is 53.7 Å². The number of hydrogen-bond donors (Lipinski definition) is 1. The lowest BCUT2D eigenvalue weighted by Crippen LogP contribution is -2.31. The number of pyridine rings is 1. The Bertz CT molecular complexity index is 1040. The number of carbonyl (C=O) groups is 2. The highest BCUT2D eigenvalue weighted by Gasteiger charge is 2.26. The lowest BCUT2D eigenvalue weighted by molar-refractivity contribution is -0.125. The number of nitrogens with zero attached hydrogens (tertiary/aromatic N) is 1. The molecule has 150 valence electrons. The Morgan fingerprint density at radius 1 is 1.28 bits per heavy atom. The van der Waals surface area contributed by atoms with Crippen molar-refractivity contribution in [1.82, 2.24) is 10.3 Å². The fourth-order valence-electron chi connectivity index (χ4n) is 3.89. The number of fused-ring (bicyclic) bond motifs is 2. The normalized spacial score (nSPS) is 16.8. The average molecular weight is 392 g/mol. The Morgan fingerprint density at radius 2 is 2.10 bits per heavy atom. The van der Waals surface area contributed by atoms with Gasteiger partial charge in [-0.25, -0.2) is 4.79 Å². The predicted octanol–water partition coefficient (Wildman–Crippen LogP) is 3.99. The standard InChI is InChI=1S/C23H24N2O4/c1-14-9-10-19-17(12-14)22(16-6-3-4-7-18(16)25-19)23(27)29-13-21(26)24-15(2)20-8-5-11-28-20/h3-8,11,14-15H,9-10,12-13H2,1-2H3,(H,24,26)/t14-,15+/m1/s1. The van der Waals surface area contributed by atoms with E-state index in [9.17, 15) is 9.59 Å². The molecule has 6 heteroatoms. The number of furan rings is 1. The van der Waals surface area contributed by atoms with Crippen LogP contribution in [0.5, 0.6) is 0 Å². The monoisotopic (exact) mass is 392 g/mol. The fraction of sp³-hybridized carbons (Fsp3) is 0.348. The van der Waals surface area contributed by atoms with Gasteiger partial charge in [-0.1, -0.05) is 25.1 Å². The van der Waals surface area contributed by atoms with Crippen molar-refractivity contribution in [3.63, 3.8) is 0 Å². The van der Waals surface area contributed by atoms with Crippen molar-refractivity contribution in [3.8, 4) is 0 Å². The zero-order valence-corrected chi connectivity index (χ0v) is 16.6. The first kappa shape index (κ1) is 19.2. The van der Waals surface area contributed by atoms with E-state index in [2.05, 4.69) is 12.2 Å². The van der Waals surface area contributed by atoms with Gasteiger partial charge in [-0.2, -0.15) is 0 Å². The maximum absolute atomic E-state index is 13.0. The van der Waals surface area contributed by atoms with Crippen molar-refractivity contribution in [2.75, 3.05) is 6.61 Å². The van der Waals surface area contributed by atoms with Gasteiger partial charge in [0.2, 0.25) is 0 Å². The van der Waals surface area contributed by atoms with Gasteiger partial charge < -0.3 is 14.5 Å². The number of para-hydroxylation sites is 1. The van der Waals surface area contributed by atoms with E-state index in [1.165, 1.54) is 0 Å². The highest BCUT2D eigenvalue weighted by Crippen LogP contribution is 2.32. The van der Waals surface area contributed by atoms with Gasteiger partial charge in [0.05, 0.1) is 23.4 Å². The number of carbonyl (C=O) groups excluding carboxylic acids is 2. The van der Waals surface area contributed by atoms with Crippen molar-refractivity contribution in [2.24, 2.45) is 5.92 Å². The van der Waals surface area contributed by atoms with Gasteiger partial charge in [0.15, 0.2) is 6.61 Å². The first-order valence-electron chi connectivity index (χ1n) is 9.93. The lowest BCUT2D eigenvalue weighted by atomic mass is 9.84. The summed E-state index contributed by atoms with van der Waals surface area (Å²) in [6.45, 7) is 3.65. The van der Waals surface area contributed by atoms with E-state index in [1.807, 2.05) is 31.2 Å². The fourth-order valence-corrected chi connectivity index (χ4v) is 3.89. The Kier molecular flexibility index (Phi) is 5.34. The van der Waals surface area contributed by atoms with Crippen LogP contribution >= 0.6 is 0 Å². The van der Waals surface area contributed by atoms with Crippen molar-refractivity contribution < 1.29 is 18.7 Å². The molecule has 2 aromatic heterocycles. The third kappa shape index (κ3) is 4.01. The summed E-state index contributed by atoms with van der Waals surface area (Å²) in [7, 11) is 0. The first-order valence-corrected chi connectivity index (χ1v) is 9.93. The van der Waals surface area contributed by atoms with Crippen molar-refractivity contribution in [3.05, 3.63) is 65.2 Å². The smallest absolute Gasteiger partial charge is 0.339 e. The highest BCUT2D eigenvalue weighted by molar-refractivity contribution is 6.05. The summed E-state index contributed by atoms with van der Waals surface area (Å²) in [5.74, 6) is 0.278. The van der Waals surface area contributed by atoms with Crippen LogP contribution in [0.3, 0.4) is 0 Å². The largest absolute Gasteiger partial charge is 0.467 e. The maximum Gasteiger partial charge on any atom is 0.339 e. The molecule has 2 heterocycles. The molecule has 2 atom stereocenters. The minimum absolute atomic E-state index is 0.299. The zero-order valence-electron chi connectivity index (χ0n) is 16.6. The molecule has 0 spiro atoms. The van der Waals surface area contributed by atoms with E-state index < -0.39 is 5.97 Å². The van der Waals surface area contributed by atoms with Crippen LogP contribution in [0.15, 0.2) is 47.1 Å². The van der Waals surface area contributed by atoms with E-state index in [-0.39, 0.29) is 18.6 Å². The quantitative estimate of drug-likeness (QED) is 0.664. The van der Waals surface area contributed by atoms with E-state index >= 15 is 0 Å². The molecule has 29 heavy (non-hydrogen) atoms. The molecular formula is C23H24N2O4. The summed E-state index contributed by atoms with van der Waals surface area (Å²) in [4.78, 5) is 30.0. The number of benzene rings is 1. The van der Waals surface area contributed by atoms with Crippen LogP contribution in [0, 0.1) is 5.92 Å². The van der Waals surface area contributed by atoms with Crippen LogP contribution < -0.4 is 5.32 Å². The van der Waals surface area contributed by atoms with Crippen molar-refractivity contribution in [2.45, 2.75) is 39.2 Å². The topological polar surface area (TPSA) is 81.4 Å². The molecule has 0 aliphatic heterocycles. The molecule has 0 unspecified atom stereocenters. The number of amides is 1. The summed E-state index contributed by atoms with van der Waals surface area (Å²) in [5.41, 5.74) is 3.24. The van der Waals surface area contributed by atoms with Gasteiger partial charge in [-0.3, -0.25) is 9.78 Å². The summed E-state index contributed by atoms with van der Waals surface area (Å²) in [6.07, 6.45) is 4.25. The SMILES string of the molecule is C[C@@H]1CCc2nc3ccccc3c(C(=O)OCC(=O)N[C@@H](C)c3ccco3)c2C1. The number of hydrogen-bond acceptors (Lipinski definition) is 5. The van der Waals surface area contributed by atoms with Gasteiger partial charge in [-0.05, 0) is 55.9 Å². The summed E-state index contributed by atoms with van der Waals surface area (Å²) < 4.78 is 10.7. The molecule has 3 aromatic rings. The summed E-state index contributed by atoms with van der Waals surface area (Å²) in [6, 6.07) is 10.8.